The third kappa shape index (κ3) is 3.84. The fraction of sp³-hybridized carbons (Fsp3) is 0.286. The number of aromatic amines is 1. The molecule has 0 saturated carbocycles. The number of amides is 1. The Morgan fingerprint density at radius 2 is 2.20 bits per heavy atom. The van der Waals surface area contributed by atoms with Crippen molar-refractivity contribution >= 4 is 39.1 Å². The molecule has 0 aliphatic carbocycles. The lowest BCUT2D eigenvalue weighted by Gasteiger charge is -2.18. The number of aromatic nitrogens is 1. The first-order valence-electron chi connectivity index (χ1n) is 6.14. The van der Waals surface area contributed by atoms with Crippen LogP contribution in [-0.2, 0) is 4.74 Å². The summed E-state index contributed by atoms with van der Waals surface area (Å²) in [6.07, 6.45) is 2.84. The summed E-state index contributed by atoms with van der Waals surface area (Å²) in [4.78, 5) is 14.6. The summed E-state index contributed by atoms with van der Waals surface area (Å²) in [5.41, 5.74) is 3.70. The maximum Gasteiger partial charge on any atom is 0.428 e. The van der Waals surface area contributed by atoms with Crippen LogP contribution in [-0.4, -0.2) is 22.9 Å². The zero-order valence-corrected chi connectivity index (χ0v) is 13.1. The Morgan fingerprint density at radius 3 is 2.90 bits per heavy atom. The number of H-pyrrole nitrogens is 1. The van der Waals surface area contributed by atoms with Gasteiger partial charge in [-0.25, -0.2) is 10.2 Å². The number of halogens is 1. The molecule has 2 rings (SSSR count). The van der Waals surface area contributed by atoms with Crippen LogP contribution in [0.25, 0.3) is 10.9 Å². The number of hydrogen-bond acceptors (Lipinski definition) is 3. The summed E-state index contributed by atoms with van der Waals surface area (Å²) in [5.74, 6) is 0. The molecule has 2 aromatic rings. The maximum atomic E-state index is 11.4. The van der Waals surface area contributed by atoms with Crippen LogP contribution >= 0.6 is 15.9 Å². The Morgan fingerprint density at radius 1 is 1.45 bits per heavy atom. The third-order valence-electron chi connectivity index (χ3n) is 2.43. The van der Waals surface area contributed by atoms with Crippen molar-refractivity contribution in [1.82, 2.24) is 10.4 Å². The van der Waals surface area contributed by atoms with E-state index >= 15 is 0 Å². The summed E-state index contributed by atoms with van der Waals surface area (Å²) in [6, 6.07) is 5.91. The van der Waals surface area contributed by atoms with Crippen molar-refractivity contribution in [2.75, 3.05) is 0 Å². The molecule has 20 heavy (non-hydrogen) atoms. The molecule has 0 unspecified atom stereocenters. The molecule has 1 aromatic heterocycles. The number of hydrogen-bond donors (Lipinski definition) is 2. The van der Waals surface area contributed by atoms with E-state index < -0.39 is 11.7 Å². The molecular formula is C14H16BrN3O2. The molecule has 1 amide bonds. The normalized spacial score (nSPS) is 12.0. The van der Waals surface area contributed by atoms with Gasteiger partial charge in [0.15, 0.2) is 0 Å². The van der Waals surface area contributed by atoms with E-state index in [-0.39, 0.29) is 0 Å². The number of nitrogens with one attached hydrogen (secondary N) is 2. The van der Waals surface area contributed by atoms with Crippen LogP contribution < -0.4 is 5.43 Å². The molecule has 6 heteroatoms. The molecule has 0 bridgehead atoms. The molecule has 0 aliphatic rings. The highest BCUT2D eigenvalue weighted by atomic mass is 79.9. The highest BCUT2D eigenvalue weighted by molar-refractivity contribution is 9.10. The standard InChI is InChI=1S/C14H16BrN3O2/c1-14(2,3)20-13(19)18-17-8-9-7-16-12-5-4-10(15)6-11(9)12/h4-8,16H,1-3H3,(H,18,19)/b17-8+. The van der Waals surface area contributed by atoms with E-state index in [9.17, 15) is 4.79 Å². The van der Waals surface area contributed by atoms with Crippen LogP contribution in [0.3, 0.4) is 0 Å². The van der Waals surface area contributed by atoms with Crippen molar-refractivity contribution in [3.63, 3.8) is 0 Å². The number of benzene rings is 1. The number of carbonyl (C=O) groups excluding carboxylic acids is 1. The maximum absolute atomic E-state index is 11.4. The van der Waals surface area contributed by atoms with Gasteiger partial charge in [-0.2, -0.15) is 5.10 Å². The van der Waals surface area contributed by atoms with Gasteiger partial charge >= 0.3 is 6.09 Å². The first-order chi connectivity index (χ1) is 9.35. The van der Waals surface area contributed by atoms with Crippen molar-refractivity contribution < 1.29 is 9.53 Å². The molecule has 0 aliphatic heterocycles. The second kappa shape index (κ2) is 5.66. The molecule has 2 N–H and O–H groups in total. The molecule has 106 valence electrons. The quantitative estimate of drug-likeness (QED) is 0.646. The summed E-state index contributed by atoms with van der Waals surface area (Å²) < 4.78 is 6.07. The van der Waals surface area contributed by atoms with E-state index in [0.717, 1.165) is 20.9 Å². The molecule has 0 radical (unpaired) electrons. The highest BCUT2D eigenvalue weighted by Gasteiger charge is 2.15. The smallest absolute Gasteiger partial charge is 0.428 e. The summed E-state index contributed by atoms with van der Waals surface area (Å²) in [7, 11) is 0. The summed E-state index contributed by atoms with van der Waals surface area (Å²) in [6.45, 7) is 5.40. The van der Waals surface area contributed by atoms with E-state index in [1.807, 2.05) is 24.4 Å². The number of fused-ring (bicyclic) bond motifs is 1. The molecular weight excluding hydrogens is 322 g/mol. The summed E-state index contributed by atoms with van der Waals surface area (Å²) >= 11 is 3.43. The Kier molecular flexibility index (Phi) is 4.13. The van der Waals surface area contributed by atoms with Gasteiger partial charge in [-0.3, -0.25) is 0 Å². The zero-order valence-electron chi connectivity index (χ0n) is 11.5. The van der Waals surface area contributed by atoms with Gasteiger partial charge < -0.3 is 9.72 Å². The fourth-order valence-electron chi connectivity index (χ4n) is 1.68. The van der Waals surface area contributed by atoms with Gasteiger partial charge in [0, 0.05) is 27.1 Å². The largest absolute Gasteiger partial charge is 0.443 e. The van der Waals surface area contributed by atoms with Gasteiger partial charge in [-0.1, -0.05) is 15.9 Å². The molecule has 1 aromatic carbocycles. The SMILES string of the molecule is CC(C)(C)OC(=O)N/N=C/c1c[nH]c2ccc(Br)cc12. The molecule has 0 spiro atoms. The minimum absolute atomic E-state index is 0.536. The second-order valence-corrected chi connectivity index (χ2v) is 6.22. The lowest BCUT2D eigenvalue weighted by atomic mass is 10.2. The minimum Gasteiger partial charge on any atom is -0.443 e. The van der Waals surface area contributed by atoms with Crippen LogP contribution in [0.4, 0.5) is 4.79 Å². The van der Waals surface area contributed by atoms with Gasteiger partial charge in [-0.15, -0.1) is 0 Å². The van der Waals surface area contributed by atoms with E-state index in [0.29, 0.717) is 0 Å². The van der Waals surface area contributed by atoms with Crippen LogP contribution in [0.2, 0.25) is 0 Å². The van der Waals surface area contributed by atoms with Gasteiger partial charge in [-0.05, 0) is 39.0 Å². The Balaban J connectivity index is 2.07. The van der Waals surface area contributed by atoms with E-state index in [2.05, 4.69) is 31.4 Å². The molecule has 5 nitrogen and oxygen atoms in total. The number of carbonyl (C=O) groups is 1. The lowest BCUT2D eigenvalue weighted by Crippen LogP contribution is -2.29. The predicted molar refractivity (Wildman–Crippen MR) is 83.0 cm³/mol. The van der Waals surface area contributed by atoms with Gasteiger partial charge in [0.05, 0.1) is 6.21 Å². The third-order valence-corrected chi connectivity index (χ3v) is 2.93. The number of ether oxygens (including phenoxy) is 1. The number of hydrazone groups is 1. The van der Waals surface area contributed by atoms with Crippen LogP contribution in [0.15, 0.2) is 34.0 Å². The highest BCUT2D eigenvalue weighted by Crippen LogP contribution is 2.21. The monoisotopic (exact) mass is 337 g/mol. The zero-order chi connectivity index (χ0) is 14.8. The molecule has 0 fully saturated rings. The van der Waals surface area contributed by atoms with Crippen LogP contribution in [0, 0.1) is 0 Å². The number of rotatable bonds is 2. The van der Waals surface area contributed by atoms with E-state index in [4.69, 9.17) is 4.74 Å². The topological polar surface area (TPSA) is 66.5 Å². The molecule has 0 atom stereocenters. The van der Waals surface area contributed by atoms with Crippen molar-refractivity contribution in [2.24, 2.45) is 5.10 Å². The Hall–Kier alpha value is -1.82. The number of nitrogens with zero attached hydrogens (tertiary/aromatic N) is 1. The molecule has 1 heterocycles. The fourth-order valence-corrected chi connectivity index (χ4v) is 2.04. The van der Waals surface area contributed by atoms with E-state index in [1.165, 1.54) is 0 Å². The average Bonchev–Trinajstić information content (AvgIpc) is 2.69. The van der Waals surface area contributed by atoms with Crippen molar-refractivity contribution in [1.29, 1.82) is 0 Å². The minimum atomic E-state index is -0.574. The average molecular weight is 338 g/mol. The Labute approximate surface area is 125 Å². The van der Waals surface area contributed by atoms with Crippen LogP contribution in [0.1, 0.15) is 26.3 Å². The Bertz CT molecular complexity index is 656. The van der Waals surface area contributed by atoms with Crippen LogP contribution in [0.5, 0.6) is 0 Å². The second-order valence-electron chi connectivity index (χ2n) is 5.31. The predicted octanol–water partition coefficient (Wildman–Crippen LogP) is 3.79. The van der Waals surface area contributed by atoms with Gasteiger partial charge in [0.1, 0.15) is 5.60 Å². The van der Waals surface area contributed by atoms with Crippen molar-refractivity contribution in [3.05, 3.63) is 34.4 Å². The summed E-state index contributed by atoms with van der Waals surface area (Å²) in [5, 5.41) is 4.92. The van der Waals surface area contributed by atoms with E-state index in [1.54, 1.807) is 27.0 Å². The van der Waals surface area contributed by atoms with Gasteiger partial charge in [0.2, 0.25) is 0 Å². The first-order valence-corrected chi connectivity index (χ1v) is 6.93. The van der Waals surface area contributed by atoms with Gasteiger partial charge in [0.25, 0.3) is 0 Å². The van der Waals surface area contributed by atoms with Crippen molar-refractivity contribution in [3.8, 4) is 0 Å². The molecule has 0 saturated heterocycles. The lowest BCUT2D eigenvalue weighted by molar-refractivity contribution is 0.0529. The van der Waals surface area contributed by atoms with Crippen molar-refractivity contribution in [2.45, 2.75) is 26.4 Å². The first kappa shape index (κ1) is 14.6.